The molecule has 11 nitrogen and oxygen atoms in total. The molecule has 6 atom stereocenters. The average molecular weight is 548 g/mol. The van der Waals surface area contributed by atoms with Gasteiger partial charge < -0.3 is 30.1 Å². The van der Waals surface area contributed by atoms with E-state index in [-0.39, 0.29) is 18.2 Å². The Morgan fingerprint density at radius 3 is 2.70 bits per heavy atom. The molecule has 1 amide bonds. The molecule has 3 aliphatic heterocycles. The van der Waals surface area contributed by atoms with Gasteiger partial charge in [-0.15, -0.1) is 0 Å². The standard InChI is InChI=1S/C29H37N7O4/c1-39-17-6-8-21-19(10-17)29(28(38)30-21)11-20(29)15-5-7-18-22(9-15)34-35-25(18)32-26-23(40-2)27(36-12-16(37)13-36)33-24(31-26)14-3-4-14/h6,8,10,14-16,18,20,22,25,34-35,37H,3-5,7,9,11-13H2,1-2H3,(H,30,38)(H,31,32,33)/t15?,18?,20-,22?,25?,29-/m0/s1. The minimum atomic E-state index is -0.403. The van der Waals surface area contributed by atoms with Gasteiger partial charge in [0, 0.05) is 36.7 Å². The Kier molecular flexibility index (Phi) is 5.50. The number of carbonyl (C=O) groups is 1. The van der Waals surface area contributed by atoms with Gasteiger partial charge in [-0.1, -0.05) is 0 Å². The van der Waals surface area contributed by atoms with Gasteiger partial charge in [0.05, 0.1) is 31.9 Å². The Morgan fingerprint density at radius 1 is 1.10 bits per heavy atom. The molecule has 1 aromatic carbocycles. The summed E-state index contributed by atoms with van der Waals surface area (Å²) in [5, 5.41) is 16.7. The van der Waals surface area contributed by atoms with Crippen molar-refractivity contribution in [1.29, 1.82) is 0 Å². The lowest BCUT2D eigenvalue weighted by Gasteiger charge is -2.38. The lowest BCUT2D eigenvalue weighted by Crippen LogP contribution is -2.51. The van der Waals surface area contributed by atoms with Crippen LogP contribution in [0.5, 0.6) is 11.5 Å². The van der Waals surface area contributed by atoms with Crippen molar-refractivity contribution in [3.63, 3.8) is 0 Å². The zero-order valence-electron chi connectivity index (χ0n) is 22.9. The second-order valence-corrected chi connectivity index (χ2v) is 12.5. The van der Waals surface area contributed by atoms with Gasteiger partial charge in [0.15, 0.2) is 11.6 Å². The van der Waals surface area contributed by atoms with Crippen LogP contribution in [-0.4, -0.2) is 66.6 Å². The number of hydrogen-bond acceptors (Lipinski definition) is 10. The van der Waals surface area contributed by atoms with Crippen molar-refractivity contribution < 1.29 is 19.4 Å². The van der Waals surface area contributed by atoms with E-state index in [9.17, 15) is 9.90 Å². The predicted octanol–water partition coefficient (Wildman–Crippen LogP) is 2.09. The SMILES string of the molecule is COc1ccc2c(c1)[C@]1(C[C@H]1C1CCC3C(C1)NNC3Nc1nc(C3CC3)nc(N3CC(O)C3)c1OC)C(=O)N2. The van der Waals surface area contributed by atoms with Crippen LogP contribution in [0.2, 0.25) is 0 Å². The van der Waals surface area contributed by atoms with E-state index in [0.29, 0.717) is 54.4 Å². The van der Waals surface area contributed by atoms with Crippen LogP contribution in [-0.2, 0) is 10.2 Å². The van der Waals surface area contributed by atoms with Crippen molar-refractivity contribution in [2.45, 2.75) is 68.2 Å². The first-order valence-electron chi connectivity index (χ1n) is 14.6. The van der Waals surface area contributed by atoms with Gasteiger partial charge in [-0.2, -0.15) is 0 Å². The first-order valence-corrected chi connectivity index (χ1v) is 14.6. The third-order valence-corrected chi connectivity index (χ3v) is 10.2. The topological polar surface area (TPSA) is 133 Å². The van der Waals surface area contributed by atoms with Crippen molar-refractivity contribution in [3.05, 3.63) is 29.6 Å². The molecule has 2 saturated heterocycles. The van der Waals surface area contributed by atoms with Crippen molar-refractivity contribution in [1.82, 2.24) is 20.8 Å². The molecule has 212 valence electrons. The van der Waals surface area contributed by atoms with Crippen LogP contribution < -0.4 is 35.9 Å². The second-order valence-electron chi connectivity index (χ2n) is 12.5. The smallest absolute Gasteiger partial charge is 0.235 e. The zero-order chi connectivity index (χ0) is 27.2. The number of hydrogen-bond donors (Lipinski definition) is 5. The molecule has 1 spiro atoms. The largest absolute Gasteiger partial charge is 0.497 e. The summed E-state index contributed by atoms with van der Waals surface area (Å²) in [5.41, 5.74) is 8.70. The van der Waals surface area contributed by atoms with Crippen molar-refractivity contribution in [2.24, 2.45) is 17.8 Å². The molecule has 4 heterocycles. The van der Waals surface area contributed by atoms with Crippen molar-refractivity contribution in [3.8, 4) is 11.5 Å². The van der Waals surface area contributed by atoms with E-state index in [1.54, 1.807) is 14.2 Å². The Bertz CT molecular complexity index is 1360. The number of aliphatic hydroxyl groups excluding tert-OH is 1. The molecule has 6 aliphatic rings. The summed E-state index contributed by atoms with van der Waals surface area (Å²) < 4.78 is 11.3. The molecule has 0 bridgehead atoms. The summed E-state index contributed by atoms with van der Waals surface area (Å²) in [6, 6.07) is 6.24. The predicted molar refractivity (Wildman–Crippen MR) is 148 cm³/mol. The summed E-state index contributed by atoms with van der Waals surface area (Å²) in [5.74, 6) is 5.55. The number of benzene rings is 1. The number of fused-ring (bicyclic) bond motifs is 3. The molecular weight excluding hydrogens is 510 g/mol. The molecule has 5 N–H and O–H groups in total. The number of nitrogens with zero attached hydrogens (tertiary/aromatic N) is 3. The molecule has 3 aliphatic carbocycles. The number of β-amino-alcohol motifs (C(OH)–C–C–N with tert-alkyl or cyclic N) is 1. The number of anilines is 3. The monoisotopic (exact) mass is 547 g/mol. The van der Waals surface area contributed by atoms with E-state index >= 15 is 0 Å². The fraction of sp³-hybridized carbons (Fsp3) is 0.621. The second kappa shape index (κ2) is 8.92. The molecular formula is C29H37N7O4. The van der Waals surface area contributed by atoms with Gasteiger partial charge in [0.2, 0.25) is 11.7 Å². The fourth-order valence-electron chi connectivity index (χ4n) is 7.77. The van der Waals surface area contributed by atoms with Crippen LogP contribution in [0.15, 0.2) is 18.2 Å². The lowest BCUT2D eigenvalue weighted by atomic mass is 9.74. The average Bonchev–Trinajstić information content (AvgIpc) is 3.86. The highest BCUT2D eigenvalue weighted by molar-refractivity contribution is 6.09. The van der Waals surface area contributed by atoms with Gasteiger partial charge in [-0.3, -0.25) is 10.2 Å². The van der Waals surface area contributed by atoms with Crippen molar-refractivity contribution in [2.75, 3.05) is 42.8 Å². The Hall–Kier alpha value is -3.15. The third kappa shape index (κ3) is 3.70. The van der Waals surface area contributed by atoms with Crippen LogP contribution >= 0.6 is 0 Å². The highest BCUT2D eigenvalue weighted by atomic mass is 16.5. The molecule has 2 aromatic rings. The van der Waals surface area contributed by atoms with Crippen LogP contribution in [0.1, 0.15) is 55.8 Å². The van der Waals surface area contributed by atoms with E-state index in [1.807, 2.05) is 18.2 Å². The molecule has 5 fully saturated rings. The normalized spacial score (nSPS) is 34.2. The van der Waals surface area contributed by atoms with E-state index in [4.69, 9.17) is 19.4 Å². The number of aromatic nitrogens is 2. The summed E-state index contributed by atoms with van der Waals surface area (Å²) >= 11 is 0. The summed E-state index contributed by atoms with van der Waals surface area (Å²) in [6.07, 6.45) is 5.99. The number of hydrazine groups is 1. The maximum Gasteiger partial charge on any atom is 0.235 e. The number of carbonyl (C=O) groups excluding carboxylic acids is 1. The lowest BCUT2D eigenvalue weighted by molar-refractivity contribution is -0.118. The summed E-state index contributed by atoms with van der Waals surface area (Å²) in [6.45, 7) is 1.12. The van der Waals surface area contributed by atoms with Gasteiger partial charge in [-0.05, 0) is 74.1 Å². The number of ether oxygens (including phenoxy) is 2. The van der Waals surface area contributed by atoms with Crippen LogP contribution in [0.4, 0.5) is 17.3 Å². The van der Waals surface area contributed by atoms with Crippen LogP contribution in [0.3, 0.4) is 0 Å². The molecule has 8 rings (SSSR count). The first kappa shape index (κ1) is 24.6. The highest BCUT2D eigenvalue weighted by Crippen LogP contribution is 2.65. The number of methoxy groups -OCH3 is 2. The number of rotatable bonds is 7. The minimum absolute atomic E-state index is 0.00423. The zero-order valence-corrected chi connectivity index (χ0v) is 22.9. The van der Waals surface area contributed by atoms with Gasteiger partial charge in [0.1, 0.15) is 11.6 Å². The van der Waals surface area contributed by atoms with Crippen LogP contribution in [0, 0.1) is 17.8 Å². The first-order chi connectivity index (χ1) is 19.5. The van der Waals surface area contributed by atoms with Gasteiger partial charge in [0.25, 0.3) is 0 Å². The summed E-state index contributed by atoms with van der Waals surface area (Å²) in [7, 11) is 3.33. The van der Waals surface area contributed by atoms with E-state index in [0.717, 1.165) is 67.2 Å². The maximum absolute atomic E-state index is 13.2. The molecule has 1 aromatic heterocycles. The van der Waals surface area contributed by atoms with Gasteiger partial charge in [-0.25, -0.2) is 15.4 Å². The van der Waals surface area contributed by atoms with Crippen molar-refractivity contribution >= 4 is 23.2 Å². The van der Waals surface area contributed by atoms with E-state index in [1.165, 1.54) is 0 Å². The Morgan fingerprint density at radius 2 is 1.95 bits per heavy atom. The van der Waals surface area contributed by atoms with E-state index in [2.05, 4.69) is 26.4 Å². The number of aliphatic hydroxyl groups is 1. The number of nitrogens with one attached hydrogen (secondary N) is 4. The molecule has 0 radical (unpaired) electrons. The molecule has 40 heavy (non-hydrogen) atoms. The molecule has 3 saturated carbocycles. The fourth-order valence-corrected chi connectivity index (χ4v) is 7.77. The third-order valence-electron chi connectivity index (χ3n) is 10.2. The van der Waals surface area contributed by atoms with Gasteiger partial charge >= 0.3 is 0 Å². The minimum Gasteiger partial charge on any atom is -0.497 e. The van der Waals surface area contributed by atoms with E-state index < -0.39 is 5.41 Å². The molecule has 11 heteroatoms. The quantitative estimate of drug-likeness (QED) is 0.351. The number of amides is 1. The van der Waals surface area contributed by atoms with Crippen LogP contribution in [0.25, 0.3) is 0 Å². The highest BCUT2D eigenvalue weighted by Gasteiger charge is 2.67. The Labute approximate surface area is 233 Å². The maximum atomic E-state index is 13.2. The Balaban J connectivity index is 0.990. The summed E-state index contributed by atoms with van der Waals surface area (Å²) in [4.78, 5) is 25.0. The molecule has 4 unspecified atom stereocenters.